The smallest absolute Gasteiger partial charge is 0.147 e. The molecular weight excluding hydrogens is 344 g/mol. The molecule has 1 rings (SSSR count). The van der Waals surface area contributed by atoms with Crippen LogP contribution in [0.25, 0.3) is 0 Å². The van der Waals surface area contributed by atoms with E-state index < -0.39 is 14.2 Å². The van der Waals surface area contributed by atoms with Gasteiger partial charge in [0.2, 0.25) is 0 Å². The van der Waals surface area contributed by atoms with Crippen LogP contribution in [0, 0.1) is 0 Å². The molecule has 0 amide bonds. The zero-order valence-corrected chi connectivity index (χ0v) is 18.0. The Bertz CT molecular complexity index is 512. The molecule has 0 heterocycles. The Labute approximate surface area is 160 Å². The molecule has 0 aliphatic rings. The molecule has 0 aliphatic carbocycles. The van der Waals surface area contributed by atoms with Crippen molar-refractivity contribution in [1.29, 1.82) is 0 Å². The minimum atomic E-state index is -1.07. The van der Waals surface area contributed by atoms with Crippen molar-refractivity contribution in [1.82, 2.24) is 0 Å². The fourth-order valence-electron chi connectivity index (χ4n) is 2.22. The molecule has 0 saturated heterocycles. The second-order valence-corrected chi connectivity index (χ2v) is 13.7. The molecule has 0 unspecified atom stereocenters. The van der Waals surface area contributed by atoms with E-state index in [1.807, 2.05) is 44.2 Å². The first kappa shape index (κ1) is 23.1. The topological polar surface area (TPSA) is 47.9 Å². The lowest BCUT2D eigenvalue weighted by Gasteiger charge is -2.23. The Morgan fingerprint density at radius 1 is 1.12 bits per heavy atom. The van der Waals surface area contributed by atoms with E-state index in [9.17, 15) is 5.11 Å². The highest BCUT2D eigenvalue weighted by Crippen LogP contribution is 2.16. The number of aliphatic hydroxyl groups is 1. The molecule has 0 bridgehead atoms. The van der Waals surface area contributed by atoms with Crippen LogP contribution in [0.2, 0.25) is 25.7 Å². The quantitative estimate of drug-likeness (QED) is 0.235. The molecule has 1 aromatic carbocycles. The van der Waals surface area contributed by atoms with Crippen LogP contribution in [-0.2, 0) is 20.8 Å². The van der Waals surface area contributed by atoms with Crippen molar-refractivity contribution in [2.24, 2.45) is 0 Å². The fourth-order valence-corrected chi connectivity index (χ4v) is 2.98. The Morgan fingerprint density at radius 3 is 2.38 bits per heavy atom. The van der Waals surface area contributed by atoms with E-state index in [4.69, 9.17) is 14.2 Å². The third kappa shape index (κ3) is 10.2. The summed E-state index contributed by atoms with van der Waals surface area (Å²) in [7, 11) is -1.07. The van der Waals surface area contributed by atoms with Gasteiger partial charge in [-0.15, -0.1) is 0 Å². The summed E-state index contributed by atoms with van der Waals surface area (Å²) < 4.78 is 17.0. The number of hydrogen-bond acceptors (Lipinski definition) is 4. The molecule has 0 aromatic heterocycles. The number of rotatable bonds is 13. The Kier molecular flexibility index (Phi) is 10.4. The highest BCUT2D eigenvalue weighted by atomic mass is 28.3. The van der Waals surface area contributed by atoms with Crippen LogP contribution in [0.5, 0.6) is 0 Å². The van der Waals surface area contributed by atoms with Crippen molar-refractivity contribution in [3.63, 3.8) is 0 Å². The molecule has 4 nitrogen and oxygen atoms in total. The summed E-state index contributed by atoms with van der Waals surface area (Å²) in [5, 5.41) is 10.3. The molecule has 1 N–H and O–H groups in total. The van der Waals surface area contributed by atoms with Crippen LogP contribution in [0.4, 0.5) is 0 Å². The van der Waals surface area contributed by atoms with E-state index in [2.05, 4.69) is 26.2 Å². The number of hydrogen-bond donors (Lipinski definition) is 1. The van der Waals surface area contributed by atoms with Gasteiger partial charge in [-0.05, 0) is 37.4 Å². The minimum Gasteiger partial charge on any atom is -0.390 e. The third-order valence-corrected chi connectivity index (χ3v) is 6.05. The maximum Gasteiger partial charge on any atom is 0.147 e. The zero-order valence-electron chi connectivity index (χ0n) is 17.0. The maximum atomic E-state index is 10.3. The highest BCUT2D eigenvalue weighted by Gasteiger charge is 2.19. The summed E-state index contributed by atoms with van der Waals surface area (Å²) in [6.07, 6.45) is -0.582. The first-order chi connectivity index (χ1) is 12.2. The largest absolute Gasteiger partial charge is 0.390 e. The standard InChI is InChI=1S/C21H36O4Si/c1-17(18(2)25-16-23-12-13-26(4,5)6)14-21(22)19(3)24-15-20-10-8-7-9-11-20/h7-11,18-19,21-22H,1,12-16H2,2-6H3/t18-,19+,21-/m1/s1. The third-order valence-electron chi connectivity index (χ3n) is 4.34. The Balaban J connectivity index is 2.22. The summed E-state index contributed by atoms with van der Waals surface area (Å²) in [4.78, 5) is 0. The molecule has 0 saturated carbocycles. The van der Waals surface area contributed by atoms with Crippen LogP contribution in [-0.4, -0.2) is 44.9 Å². The van der Waals surface area contributed by atoms with Crippen molar-refractivity contribution in [2.45, 2.75) is 70.9 Å². The summed E-state index contributed by atoms with van der Waals surface area (Å²) in [5.74, 6) is 0. The van der Waals surface area contributed by atoms with Crippen LogP contribution in [0.1, 0.15) is 25.8 Å². The van der Waals surface area contributed by atoms with Crippen molar-refractivity contribution >= 4 is 8.07 Å². The molecule has 0 radical (unpaired) electrons. The SMILES string of the molecule is C=C(C[C@@H](O)[C@H](C)OCc1ccccc1)[C@@H](C)OCOCC[Si](C)(C)C. The molecular formula is C21H36O4Si. The van der Waals surface area contributed by atoms with E-state index in [0.29, 0.717) is 13.0 Å². The average Bonchev–Trinajstić information content (AvgIpc) is 2.58. The normalized spacial score (nSPS) is 15.5. The molecule has 0 spiro atoms. The molecule has 0 fully saturated rings. The highest BCUT2D eigenvalue weighted by molar-refractivity contribution is 6.76. The second-order valence-electron chi connectivity index (χ2n) is 8.08. The van der Waals surface area contributed by atoms with Gasteiger partial charge in [0.15, 0.2) is 0 Å². The van der Waals surface area contributed by atoms with E-state index in [0.717, 1.165) is 23.8 Å². The van der Waals surface area contributed by atoms with Crippen molar-refractivity contribution in [3.8, 4) is 0 Å². The second kappa shape index (κ2) is 11.7. The zero-order chi connectivity index (χ0) is 19.6. The van der Waals surface area contributed by atoms with Crippen molar-refractivity contribution in [3.05, 3.63) is 48.0 Å². The minimum absolute atomic E-state index is 0.155. The summed E-state index contributed by atoms with van der Waals surface area (Å²) >= 11 is 0. The lowest BCUT2D eigenvalue weighted by Crippen LogP contribution is -2.28. The van der Waals surface area contributed by atoms with E-state index in [1.54, 1.807) is 0 Å². The van der Waals surface area contributed by atoms with Crippen molar-refractivity contribution < 1.29 is 19.3 Å². The molecule has 148 valence electrons. The van der Waals surface area contributed by atoms with Gasteiger partial charge < -0.3 is 19.3 Å². The molecule has 5 heteroatoms. The molecule has 0 aliphatic heterocycles. The lowest BCUT2D eigenvalue weighted by molar-refractivity contribution is -0.0745. The summed E-state index contributed by atoms with van der Waals surface area (Å²) in [5.41, 5.74) is 1.94. The Hall–Kier alpha value is -0.983. The van der Waals surface area contributed by atoms with Crippen LogP contribution >= 0.6 is 0 Å². The van der Waals surface area contributed by atoms with Crippen molar-refractivity contribution in [2.75, 3.05) is 13.4 Å². The van der Waals surface area contributed by atoms with Gasteiger partial charge in [0.25, 0.3) is 0 Å². The van der Waals surface area contributed by atoms with Gasteiger partial charge in [0.05, 0.1) is 24.9 Å². The fraction of sp³-hybridized carbons (Fsp3) is 0.619. The predicted molar refractivity (Wildman–Crippen MR) is 110 cm³/mol. The summed E-state index contributed by atoms with van der Waals surface area (Å²) in [6.45, 7) is 16.3. The Morgan fingerprint density at radius 2 is 1.77 bits per heavy atom. The number of aliphatic hydroxyl groups excluding tert-OH is 1. The van der Waals surface area contributed by atoms with E-state index in [-0.39, 0.29) is 19.0 Å². The first-order valence-corrected chi connectivity index (χ1v) is 13.1. The van der Waals surface area contributed by atoms with Crippen LogP contribution < -0.4 is 0 Å². The van der Waals surface area contributed by atoms with Gasteiger partial charge in [0, 0.05) is 14.7 Å². The molecule has 1 aromatic rings. The predicted octanol–water partition coefficient (Wildman–Crippen LogP) is 4.62. The van der Waals surface area contributed by atoms with Gasteiger partial charge in [-0.1, -0.05) is 56.6 Å². The van der Waals surface area contributed by atoms with Gasteiger partial charge in [-0.2, -0.15) is 0 Å². The average molecular weight is 381 g/mol. The van der Waals surface area contributed by atoms with Gasteiger partial charge in [-0.3, -0.25) is 0 Å². The van der Waals surface area contributed by atoms with Crippen LogP contribution in [0.15, 0.2) is 42.5 Å². The summed E-state index contributed by atoms with van der Waals surface area (Å²) in [6, 6.07) is 11.1. The van der Waals surface area contributed by atoms with E-state index >= 15 is 0 Å². The monoisotopic (exact) mass is 380 g/mol. The number of benzene rings is 1. The molecule has 26 heavy (non-hydrogen) atoms. The first-order valence-electron chi connectivity index (χ1n) is 9.39. The van der Waals surface area contributed by atoms with Crippen LogP contribution in [0.3, 0.4) is 0 Å². The van der Waals surface area contributed by atoms with Gasteiger partial charge in [-0.25, -0.2) is 0 Å². The maximum absolute atomic E-state index is 10.3. The van der Waals surface area contributed by atoms with E-state index in [1.165, 1.54) is 0 Å². The van der Waals surface area contributed by atoms with Gasteiger partial charge >= 0.3 is 0 Å². The molecule has 3 atom stereocenters. The number of ether oxygens (including phenoxy) is 3. The lowest BCUT2D eigenvalue weighted by atomic mass is 10.0. The van der Waals surface area contributed by atoms with Gasteiger partial charge in [0.1, 0.15) is 6.79 Å².